The molecule has 0 fully saturated rings. The topological polar surface area (TPSA) is 63.5 Å². The summed E-state index contributed by atoms with van der Waals surface area (Å²) in [5.74, 6) is 0.835. The Hall–Kier alpha value is -1.01. The van der Waals surface area contributed by atoms with E-state index in [1.807, 2.05) is 46.8 Å². The van der Waals surface area contributed by atoms with Gasteiger partial charge in [0.05, 0.1) is 6.54 Å². The van der Waals surface area contributed by atoms with Crippen LogP contribution in [0.5, 0.6) is 0 Å². The Labute approximate surface area is 128 Å². The first-order valence-electron chi connectivity index (χ1n) is 6.53. The first-order chi connectivity index (χ1) is 9.07. The molecule has 0 spiro atoms. The fourth-order valence-corrected chi connectivity index (χ4v) is 1.78. The van der Waals surface area contributed by atoms with Gasteiger partial charge >= 0.3 is 6.09 Å². The van der Waals surface area contributed by atoms with Crippen LogP contribution in [0.15, 0.2) is 21.2 Å². The van der Waals surface area contributed by atoms with Gasteiger partial charge in [0, 0.05) is 12.1 Å². The molecule has 20 heavy (non-hydrogen) atoms. The van der Waals surface area contributed by atoms with Gasteiger partial charge in [-0.2, -0.15) is 0 Å². The van der Waals surface area contributed by atoms with Crippen LogP contribution < -0.4 is 10.6 Å². The van der Waals surface area contributed by atoms with Crippen molar-refractivity contribution in [2.24, 2.45) is 0 Å². The third kappa shape index (κ3) is 6.96. The van der Waals surface area contributed by atoms with Crippen molar-refractivity contribution in [3.8, 4) is 0 Å². The Morgan fingerprint density at radius 2 is 1.95 bits per heavy atom. The van der Waals surface area contributed by atoms with Crippen LogP contribution in [0.2, 0.25) is 0 Å². The quantitative estimate of drug-likeness (QED) is 0.857. The molecule has 0 aliphatic rings. The highest BCUT2D eigenvalue weighted by Crippen LogP contribution is 2.14. The van der Waals surface area contributed by atoms with Crippen LogP contribution >= 0.6 is 15.9 Å². The third-order valence-corrected chi connectivity index (χ3v) is 2.87. The predicted octanol–water partition coefficient (Wildman–Crippen LogP) is 3.44. The maximum atomic E-state index is 11.6. The number of alkyl carbamates (subject to hydrolysis) is 1. The number of hydrogen-bond donors (Lipinski definition) is 2. The smallest absolute Gasteiger partial charge is 0.407 e. The molecule has 0 aromatic carbocycles. The number of ether oxygens (including phenoxy) is 1. The van der Waals surface area contributed by atoms with Crippen molar-refractivity contribution in [2.75, 3.05) is 6.54 Å². The highest BCUT2D eigenvalue weighted by Gasteiger charge is 2.21. The van der Waals surface area contributed by atoms with Crippen LogP contribution in [0.3, 0.4) is 0 Å². The van der Waals surface area contributed by atoms with E-state index in [0.717, 1.165) is 5.76 Å². The number of halogens is 1. The molecule has 2 N–H and O–H groups in total. The van der Waals surface area contributed by atoms with Gasteiger partial charge in [-0.15, -0.1) is 0 Å². The summed E-state index contributed by atoms with van der Waals surface area (Å²) < 4.78 is 11.3. The summed E-state index contributed by atoms with van der Waals surface area (Å²) in [6.07, 6.45) is -0.409. The lowest BCUT2D eigenvalue weighted by molar-refractivity contribution is 0.0513. The van der Waals surface area contributed by atoms with Gasteiger partial charge in [0.2, 0.25) is 0 Å². The number of nitrogens with one attached hydrogen (secondary N) is 2. The van der Waals surface area contributed by atoms with Crippen LogP contribution in [0.4, 0.5) is 4.79 Å². The minimum absolute atomic E-state index is 0.268. The second kappa shape index (κ2) is 6.63. The molecule has 6 heteroatoms. The lowest BCUT2D eigenvalue weighted by atomic mass is 10.1. The first kappa shape index (κ1) is 17.0. The molecule has 0 aliphatic carbocycles. The molecule has 1 amide bonds. The van der Waals surface area contributed by atoms with Crippen molar-refractivity contribution in [1.29, 1.82) is 0 Å². The lowest BCUT2D eigenvalue weighted by Gasteiger charge is -2.27. The average Bonchev–Trinajstić information content (AvgIpc) is 2.68. The number of hydrogen-bond acceptors (Lipinski definition) is 4. The Bertz CT molecular complexity index is 450. The van der Waals surface area contributed by atoms with E-state index in [4.69, 9.17) is 9.15 Å². The molecule has 0 radical (unpaired) electrons. The van der Waals surface area contributed by atoms with Crippen LogP contribution in [-0.4, -0.2) is 23.8 Å². The molecule has 5 nitrogen and oxygen atoms in total. The predicted molar refractivity (Wildman–Crippen MR) is 81.6 cm³/mol. The van der Waals surface area contributed by atoms with E-state index < -0.39 is 11.7 Å². The third-order valence-electron chi connectivity index (χ3n) is 2.44. The van der Waals surface area contributed by atoms with Crippen LogP contribution in [-0.2, 0) is 11.3 Å². The molecule has 0 unspecified atom stereocenters. The van der Waals surface area contributed by atoms with Crippen molar-refractivity contribution in [3.63, 3.8) is 0 Å². The van der Waals surface area contributed by atoms with Gasteiger partial charge in [-0.1, -0.05) is 0 Å². The molecule has 0 bridgehead atoms. The molecule has 114 valence electrons. The second-order valence-electron chi connectivity index (χ2n) is 6.30. The molecule has 0 aliphatic heterocycles. The highest BCUT2D eigenvalue weighted by atomic mass is 79.9. The Morgan fingerprint density at radius 1 is 1.30 bits per heavy atom. The molecular formula is C14H23BrN2O3. The van der Waals surface area contributed by atoms with E-state index in [-0.39, 0.29) is 5.54 Å². The monoisotopic (exact) mass is 346 g/mol. The standard InChI is InChI=1S/C14H23BrN2O3/c1-13(2,3)20-12(18)16-9-14(4,5)17-8-10-6-7-11(15)19-10/h6-7,17H,8-9H2,1-5H3,(H,16,18). The SMILES string of the molecule is CC(C)(CNC(=O)OC(C)(C)C)NCc1ccc(Br)o1. The molecular weight excluding hydrogens is 324 g/mol. The summed E-state index contributed by atoms with van der Waals surface area (Å²) in [5.41, 5.74) is -0.752. The van der Waals surface area contributed by atoms with Gasteiger partial charge < -0.3 is 19.8 Å². The van der Waals surface area contributed by atoms with Gasteiger partial charge in [-0.3, -0.25) is 0 Å². The number of carbonyl (C=O) groups excluding carboxylic acids is 1. The first-order valence-corrected chi connectivity index (χ1v) is 7.33. The summed E-state index contributed by atoms with van der Waals surface area (Å²) >= 11 is 3.26. The van der Waals surface area contributed by atoms with Crippen molar-refractivity contribution in [3.05, 3.63) is 22.6 Å². The zero-order valence-electron chi connectivity index (χ0n) is 12.7. The summed E-state index contributed by atoms with van der Waals surface area (Å²) in [5, 5.41) is 6.08. The molecule has 0 saturated carbocycles. The second-order valence-corrected chi connectivity index (χ2v) is 7.08. The Kier molecular flexibility index (Phi) is 5.65. The molecule has 0 saturated heterocycles. The summed E-state index contributed by atoms with van der Waals surface area (Å²) in [6.45, 7) is 10.6. The van der Waals surface area contributed by atoms with Gasteiger partial charge in [-0.05, 0) is 62.7 Å². The van der Waals surface area contributed by atoms with E-state index in [1.165, 1.54) is 0 Å². The minimum Gasteiger partial charge on any atom is -0.453 e. The van der Waals surface area contributed by atoms with Crippen molar-refractivity contribution in [2.45, 2.75) is 52.3 Å². The number of amides is 1. The molecule has 1 aromatic heterocycles. The van der Waals surface area contributed by atoms with Crippen LogP contribution in [0.25, 0.3) is 0 Å². The largest absolute Gasteiger partial charge is 0.453 e. The number of carbonyl (C=O) groups is 1. The summed E-state index contributed by atoms with van der Waals surface area (Å²) in [7, 11) is 0. The molecule has 1 rings (SSSR count). The molecule has 1 aromatic rings. The van der Waals surface area contributed by atoms with Gasteiger partial charge in [-0.25, -0.2) is 4.79 Å². The fourth-order valence-electron chi connectivity index (χ4n) is 1.44. The summed E-state index contributed by atoms with van der Waals surface area (Å²) in [4.78, 5) is 11.6. The van der Waals surface area contributed by atoms with Crippen molar-refractivity contribution in [1.82, 2.24) is 10.6 Å². The van der Waals surface area contributed by atoms with E-state index in [9.17, 15) is 4.79 Å². The maximum Gasteiger partial charge on any atom is 0.407 e. The Balaban J connectivity index is 2.35. The number of rotatable bonds is 5. The fraction of sp³-hybridized carbons (Fsp3) is 0.643. The lowest BCUT2D eigenvalue weighted by Crippen LogP contribution is -2.49. The number of furan rings is 1. The summed E-state index contributed by atoms with van der Waals surface area (Å²) in [6, 6.07) is 3.75. The van der Waals surface area contributed by atoms with Crippen molar-refractivity contribution < 1.29 is 13.9 Å². The van der Waals surface area contributed by atoms with Gasteiger partial charge in [0.15, 0.2) is 4.67 Å². The van der Waals surface area contributed by atoms with Crippen LogP contribution in [0.1, 0.15) is 40.4 Å². The van der Waals surface area contributed by atoms with Gasteiger partial charge in [0.25, 0.3) is 0 Å². The molecule has 0 atom stereocenters. The molecule has 1 heterocycles. The average molecular weight is 347 g/mol. The Morgan fingerprint density at radius 3 is 2.45 bits per heavy atom. The maximum absolute atomic E-state index is 11.6. The van der Waals surface area contributed by atoms with Crippen LogP contribution in [0, 0.1) is 0 Å². The van der Waals surface area contributed by atoms with E-state index in [0.29, 0.717) is 17.8 Å². The minimum atomic E-state index is -0.484. The zero-order chi connectivity index (χ0) is 15.4. The highest BCUT2D eigenvalue weighted by molar-refractivity contribution is 9.10. The van der Waals surface area contributed by atoms with Gasteiger partial charge in [0.1, 0.15) is 11.4 Å². The van der Waals surface area contributed by atoms with Crippen molar-refractivity contribution >= 4 is 22.0 Å². The van der Waals surface area contributed by atoms with E-state index >= 15 is 0 Å². The normalized spacial score (nSPS) is 12.3. The van der Waals surface area contributed by atoms with E-state index in [1.54, 1.807) is 0 Å². The zero-order valence-corrected chi connectivity index (χ0v) is 14.3. The van der Waals surface area contributed by atoms with E-state index in [2.05, 4.69) is 26.6 Å².